The van der Waals surface area contributed by atoms with Gasteiger partial charge in [0, 0.05) is 26.2 Å². The number of urea groups is 1. The molecule has 2 aromatic rings. The van der Waals surface area contributed by atoms with Crippen LogP contribution >= 0.6 is 34.5 Å². The van der Waals surface area contributed by atoms with Gasteiger partial charge in [0.2, 0.25) is 0 Å². The van der Waals surface area contributed by atoms with Gasteiger partial charge in [0.05, 0.1) is 23.1 Å². The smallest absolute Gasteiger partial charge is 0.367 e. The lowest BCUT2D eigenvalue weighted by Gasteiger charge is -2.35. The molecule has 1 fully saturated rings. The van der Waals surface area contributed by atoms with E-state index in [0.717, 1.165) is 5.69 Å². The van der Waals surface area contributed by atoms with Gasteiger partial charge in [0.15, 0.2) is 5.13 Å². The highest BCUT2D eigenvalue weighted by atomic mass is 35.5. The highest BCUT2D eigenvalue weighted by Gasteiger charge is 2.33. The van der Waals surface area contributed by atoms with E-state index in [1.54, 1.807) is 12.3 Å². The first kappa shape index (κ1) is 19.0. The standard InChI is InChI=1S/C14H12Cl2F3N5OS/c15-9-5-8(6-20-11(9)16)23-1-3-24(4-2-23)13(25)22-12-21-7-10(26-12)14(17,18)19/h5-7H,1-4H2,(H,21,22,25). The number of thiazole rings is 1. The van der Waals surface area contributed by atoms with Gasteiger partial charge >= 0.3 is 12.2 Å². The molecular formula is C14H12Cl2F3N5OS. The highest BCUT2D eigenvalue weighted by molar-refractivity contribution is 7.15. The number of anilines is 2. The number of carbonyl (C=O) groups excluding carboxylic acids is 1. The van der Waals surface area contributed by atoms with Crippen molar-refractivity contribution in [3.63, 3.8) is 0 Å². The van der Waals surface area contributed by atoms with Gasteiger partial charge in [-0.25, -0.2) is 14.8 Å². The molecule has 0 aromatic carbocycles. The van der Waals surface area contributed by atoms with Crippen LogP contribution in [0.25, 0.3) is 0 Å². The summed E-state index contributed by atoms with van der Waals surface area (Å²) >= 11 is 12.1. The molecule has 0 aliphatic carbocycles. The van der Waals surface area contributed by atoms with Crippen LogP contribution in [-0.4, -0.2) is 47.1 Å². The molecule has 3 heterocycles. The molecule has 1 aliphatic rings. The van der Waals surface area contributed by atoms with Crippen LogP contribution in [0.1, 0.15) is 4.88 Å². The number of hydrogen-bond acceptors (Lipinski definition) is 5. The molecule has 2 aromatic heterocycles. The Labute approximate surface area is 160 Å². The fraction of sp³-hybridized carbons (Fsp3) is 0.357. The molecule has 3 rings (SSSR count). The second-order valence-corrected chi connectivity index (χ2v) is 7.19. The average Bonchev–Trinajstić information content (AvgIpc) is 3.06. The Morgan fingerprint density at radius 1 is 1.15 bits per heavy atom. The number of nitrogens with zero attached hydrogens (tertiary/aromatic N) is 4. The zero-order valence-electron chi connectivity index (χ0n) is 13.1. The molecule has 1 N–H and O–H groups in total. The second-order valence-electron chi connectivity index (χ2n) is 5.40. The molecule has 2 amide bonds. The van der Waals surface area contributed by atoms with Crippen LogP contribution in [0.3, 0.4) is 0 Å². The predicted octanol–water partition coefficient (Wildman–Crippen LogP) is 4.22. The number of halogens is 5. The number of hydrogen-bond donors (Lipinski definition) is 1. The number of pyridine rings is 1. The van der Waals surface area contributed by atoms with Crippen molar-refractivity contribution in [3.8, 4) is 0 Å². The minimum absolute atomic E-state index is 0.0848. The fourth-order valence-electron chi connectivity index (χ4n) is 2.39. The van der Waals surface area contributed by atoms with Crippen molar-refractivity contribution in [1.82, 2.24) is 14.9 Å². The van der Waals surface area contributed by atoms with E-state index < -0.39 is 17.1 Å². The Morgan fingerprint density at radius 2 is 1.85 bits per heavy atom. The number of alkyl halides is 3. The molecule has 0 bridgehead atoms. The van der Waals surface area contributed by atoms with Crippen molar-refractivity contribution < 1.29 is 18.0 Å². The van der Waals surface area contributed by atoms with E-state index in [1.807, 2.05) is 4.90 Å². The molecule has 140 valence electrons. The maximum Gasteiger partial charge on any atom is 0.427 e. The number of piperazine rings is 1. The van der Waals surface area contributed by atoms with E-state index in [9.17, 15) is 18.0 Å². The average molecular weight is 426 g/mol. The van der Waals surface area contributed by atoms with Crippen LogP contribution < -0.4 is 10.2 Å². The van der Waals surface area contributed by atoms with Crippen molar-refractivity contribution in [3.05, 3.63) is 33.5 Å². The van der Waals surface area contributed by atoms with Gasteiger partial charge in [0.25, 0.3) is 0 Å². The van der Waals surface area contributed by atoms with E-state index in [-0.39, 0.29) is 10.3 Å². The zero-order chi connectivity index (χ0) is 18.9. The van der Waals surface area contributed by atoms with Crippen LogP contribution in [0, 0.1) is 0 Å². The third-order valence-electron chi connectivity index (χ3n) is 3.71. The zero-order valence-corrected chi connectivity index (χ0v) is 15.4. The van der Waals surface area contributed by atoms with E-state index in [4.69, 9.17) is 23.2 Å². The minimum Gasteiger partial charge on any atom is -0.367 e. The quantitative estimate of drug-likeness (QED) is 0.731. The Bertz CT molecular complexity index is 808. The van der Waals surface area contributed by atoms with Gasteiger partial charge in [-0.3, -0.25) is 5.32 Å². The fourth-order valence-corrected chi connectivity index (χ4v) is 3.32. The van der Waals surface area contributed by atoms with E-state index in [0.29, 0.717) is 48.7 Å². The third-order valence-corrected chi connectivity index (χ3v) is 5.36. The van der Waals surface area contributed by atoms with E-state index in [2.05, 4.69) is 15.3 Å². The summed E-state index contributed by atoms with van der Waals surface area (Å²) in [6, 6.07) is 1.21. The molecule has 0 atom stereocenters. The molecule has 1 aliphatic heterocycles. The molecule has 0 spiro atoms. The number of nitrogens with one attached hydrogen (secondary N) is 1. The summed E-state index contributed by atoms with van der Waals surface area (Å²) in [5.74, 6) is 0. The van der Waals surface area contributed by atoms with Crippen LogP contribution in [0.5, 0.6) is 0 Å². The number of carbonyl (C=O) groups is 1. The van der Waals surface area contributed by atoms with Crippen LogP contribution in [0.15, 0.2) is 18.5 Å². The van der Waals surface area contributed by atoms with Crippen molar-refractivity contribution in [1.29, 1.82) is 0 Å². The van der Waals surface area contributed by atoms with E-state index >= 15 is 0 Å². The molecular weight excluding hydrogens is 414 g/mol. The summed E-state index contributed by atoms with van der Waals surface area (Å²) in [5, 5.41) is 2.87. The lowest BCUT2D eigenvalue weighted by atomic mass is 10.3. The molecule has 12 heteroatoms. The normalized spacial score (nSPS) is 15.3. The minimum atomic E-state index is -4.47. The van der Waals surface area contributed by atoms with Gasteiger partial charge in [-0.1, -0.05) is 34.5 Å². The Hall–Kier alpha value is -1.78. The second kappa shape index (κ2) is 7.45. The van der Waals surface area contributed by atoms with Gasteiger partial charge in [-0.15, -0.1) is 0 Å². The van der Waals surface area contributed by atoms with Gasteiger partial charge in [-0.2, -0.15) is 13.2 Å². The lowest BCUT2D eigenvalue weighted by molar-refractivity contribution is -0.134. The van der Waals surface area contributed by atoms with Crippen LogP contribution in [0.4, 0.5) is 28.8 Å². The monoisotopic (exact) mass is 425 g/mol. The summed E-state index contributed by atoms with van der Waals surface area (Å²) in [4.78, 5) is 22.4. The maximum absolute atomic E-state index is 12.6. The molecule has 26 heavy (non-hydrogen) atoms. The van der Waals surface area contributed by atoms with Crippen molar-refractivity contribution in [2.45, 2.75) is 6.18 Å². The number of amides is 2. The Kier molecular flexibility index (Phi) is 5.44. The summed E-state index contributed by atoms with van der Waals surface area (Å²) in [6.07, 6.45) is -2.17. The van der Waals surface area contributed by atoms with Crippen molar-refractivity contribution in [2.75, 3.05) is 36.4 Å². The summed E-state index contributed by atoms with van der Waals surface area (Å²) in [7, 11) is 0. The first-order chi connectivity index (χ1) is 12.2. The number of aromatic nitrogens is 2. The molecule has 0 unspecified atom stereocenters. The SMILES string of the molecule is O=C(Nc1ncc(C(F)(F)F)s1)N1CCN(c2cnc(Cl)c(Cl)c2)CC1. The first-order valence-corrected chi connectivity index (χ1v) is 8.96. The van der Waals surface area contributed by atoms with Crippen LogP contribution in [0.2, 0.25) is 10.2 Å². The van der Waals surface area contributed by atoms with Gasteiger partial charge < -0.3 is 9.80 Å². The maximum atomic E-state index is 12.6. The van der Waals surface area contributed by atoms with Crippen molar-refractivity contribution in [2.24, 2.45) is 0 Å². The molecule has 0 saturated carbocycles. The summed E-state index contributed by atoms with van der Waals surface area (Å²) in [5.41, 5.74) is 0.786. The number of rotatable bonds is 2. The van der Waals surface area contributed by atoms with E-state index in [1.165, 1.54) is 4.90 Å². The molecule has 0 radical (unpaired) electrons. The van der Waals surface area contributed by atoms with Crippen molar-refractivity contribution >= 4 is 51.4 Å². The Balaban J connectivity index is 1.56. The third kappa shape index (κ3) is 4.30. The molecule has 6 nitrogen and oxygen atoms in total. The first-order valence-electron chi connectivity index (χ1n) is 7.39. The highest BCUT2D eigenvalue weighted by Crippen LogP contribution is 2.35. The van der Waals surface area contributed by atoms with Gasteiger partial charge in [-0.05, 0) is 6.07 Å². The largest absolute Gasteiger partial charge is 0.427 e. The molecule has 1 saturated heterocycles. The van der Waals surface area contributed by atoms with Gasteiger partial charge in [0.1, 0.15) is 10.0 Å². The predicted molar refractivity (Wildman–Crippen MR) is 94.2 cm³/mol. The topological polar surface area (TPSA) is 61.4 Å². The summed E-state index contributed by atoms with van der Waals surface area (Å²) in [6.45, 7) is 1.84. The Morgan fingerprint density at radius 3 is 2.42 bits per heavy atom. The summed E-state index contributed by atoms with van der Waals surface area (Å²) < 4.78 is 37.7. The lowest BCUT2D eigenvalue weighted by Crippen LogP contribution is -2.50. The van der Waals surface area contributed by atoms with Crippen LogP contribution in [-0.2, 0) is 6.18 Å².